The number of nitrogens with zero attached hydrogens (tertiary/aromatic N) is 1. The molecule has 0 unspecified atom stereocenters. The van der Waals surface area contributed by atoms with Crippen LogP contribution in [0.4, 0.5) is 4.79 Å². The highest BCUT2D eigenvalue weighted by Crippen LogP contribution is 2.04. The van der Waals surface area contributed by atoms with E-state index in [1.807, 2.05) is 12.1 Å². The smallest absolute Gasteiger partial charge is 0.407 e. The number of hydrogen-bond donors (Lipinski definition) is 1. The molecule has 1 amide bonds. The van der Waals surface area contributed by atoms with Gasteiger partial charge in [-0.05, 0) is 12.5 Å². The third-order valence-electron chi connectivity index (χ3n) is 3.51. The number of nitrogens with one attached hydrogen (secondary N) is 1. The first kappa shape index (κ1) is 15.8. The number of hydrogen-bond acceptors (Lipinski definition) is 4. The van der Waals surface area contributed by atoms with Gasteiger partial charge in [-0.15, -0.1) is 0 Å². The van der Waals surface area contributed by atoms with Crippen LogP contribution < -0.4 is 5.32 Å². The third kappa shape index (κ3) is 6.14. The summed E-state index contributed by atoms with van der Waals surface area (Å²) in [4.78, 5) is 13.8. The van der Waals surface area contributed by atoms with Gasteiger partial charge in [0, 0.05) is 32.6 Å². The molecule has 1 aliphatic heterocycles. The van der Waals surface area contributed by atoms with E-state index in [1.165, 1.54) is 11.1 Å². The number of alkyl carbamates (subject to hydrolysis) is 1. The number of benzene rings is 1. The lowest BCUT2D eigenvalue weighted by atomic mass is 10.1. The van der Waals surface area contributed by atoms with Crippen molar-refractivity contribution in [3.05, 3.63) is 35.4 Å². The van der Waals surface area contributed by atoms with Crippen molar-refractivity contribution in [3.8, 4) is 0 Å². The van der Waals surface area contributed by atoms with Crippen LogP contribution in [0.25, 0.3) is 0 Å². The summed E-state index contributed by atoms with van der Waals surface area (Å²) in [5, 5.41) is 2.78. The maximum absolute atomic E-state index is 11.6. The maximum atomic E-state index is 11.6. The van der Waals surface area contributed by atoms with E-state index in [2.05, 4.69) is 29.3 Å². The molecule has 0 saturated carbocycles. The highest BCUT2D eigenvalue weighted by Gasteiger charge is 2.10. The number of ether oxygens (including phenoxy) is 2. The second-order valence-corrected chi connectivity index (χ2v) is 5.26. The minimum Gasteiger partial charge on any atom is -0.449 e. The van der Waals surface area contributed by atoms with Crippen molar-refractivity contribution >= 4 is 6.09 Å². The Morgan fingerprint density at radius 2 is 2.19 bits per heavy atom. The van der Waals surface area contributed by atoms with Gasteiger partial charge in [0.05, 0.1) is 19.8 Å². The van der Waals surface area contributed by atoms with Gasteiger partial charge in [-0.1, -0.05) is 29.8 Å². The predicted molar refractivity (Wildman–Crippen MR) is 81.5 cm³/mol. The molecule has 1 heterocycles. The topological polar surface area (TPSA) is 50.8 Å². The SMILES string of the molecule is Cc1cccc(CCOC(=O)NCCN2CCOCC2)c1. The number of rotatable bonds is 6. The Morgan fingerprint density at radius 1 is 1.38 bits per heavy atom. The molecule has 0 spiro atoms. The second kappa shape index (κ2) is 8.64. The molecule has 1 N–H and O–H groups in total. The van der Waals surface area contributed by atoms with Crippen molar-refractivity contribution < 1.29 is 14.3 Å². The fourth-order valence-corrected chi connectivity index (χ4v) is 2.32. The lowest BCUT2D eigenvalue weighted by molar-refractivity contribution is 0.0383. The van der Waals surface area contributed by atoms with Crippen LogP contribution in [0.15, 0.2) is 24.3 Å². The van der Waals surface area contributed by atoms with Gasteiger partial charge < -0.3 is 14.8 Å². The molecule has 0 radical (unpaired) electrons. The number of aryl methyl sites for hydroxylation is 1. The van der Waals surface area contributed by atoms with E-state index >= 15 is 0 Å². The highest BCUT2D eigenvalue weighted by molar-refractivity contribution is 5.67. The molecule has 0 atom stereocenters. The van der Waals surface area contributed by atoms with Crippen LogP contribution in [0.2, 0.25) is 0 Å². The van der Waals surface area contributed by atoms with Gasteiger partial charge in [0.1, 0.15) is 0 Å². The summed E-state index contributed by atoms with van der Waals surface area (Å²) in [5.74, 6) is 0. The minimum atomic E-state index is -0.337. The summed E-state index contributed by atoms with van der Waals surface area (Å²) in [6.45, 7) is 7.35. The monoisotopic (exact) mass is 292 g/mol. The van der Waals surface area contributed by atoms with Crippen LogP contribution in [-0.2, 0) is 15.9 Å². The summed E-state index contributed by atoms with van der Waals surface area (Å²) in [6.07, 6.45) is 0.411. The average molecular weight is 292 g/mol. The molecule has 1 saturated heterocycles. The largest absolute Gasteiger partial charge is 0.449 e. The van der Waals surface area contributed by atoms with Gasteiger partial charge in [0.2, 0.25) is 0 Å². The molecule has 0 aliphatic carbocycles. The van der Waals surface area contributed by atoms with Crippen LogP contribution in [-0.4, -0.2) is 57.0 Å². The summed E-state index contributed by atoms with van der Waals surface area (Å²) < 4.78 is 10.5. The number of carbonyl (C=O) groups excluding carboxylic acids is 1. The molecular weight excluding hydrogens is 268 g/mol. The zero-order valence-electron chi connectivity index (χ0n) is 12.6. The average Bonchev–Trinajstić information content (AvgIpc) is 2.48. The highest BCUT2D eigenvalue weighted by atomic mass is 16.5. The van der Waals surface area contributed by atoms with Crippen molar-refractivity contribution in [2.45, 2.75) is 13.3 Å². The first-order valence-corrected chi connectivity index (χ1v) is 7.50. The lowest BCUT2D eigenvalue weighted by Crippen LogP contribution is -2.41. The van der Waals surface area contributed by atoms with E-state index in [0.717, 1.165) is 39.3 Å². The molecule has 5 heteroatoms. The lowest BCUT2D eigenvalue weighted by Gasteiger charge is -2.26. The molecule has 0 bridgehead atoms. The first-order chi connectivity index (χ1) is 10.2. The molecule has 21 heavy (non-hydrogen) atoms. The van der Waals surface area contributed by atoms with Gasteiger partial charge in [-0.25, -0.2) is 4.79 Å². The number of morpholine rings is 1. The van der Waals surface area contributed by atoms with Crippen LogP contribution in [0.3, 0.4) is 0 Å². The van der Waals surface area contributed by atoms with Gasteiger partial charge in [0.15, 0.2) is 0 Å². The summed E-state index contributed by atoms with van der Waals surface area (Å²) in [5.41, 5.74) is 2.42. The minimum absolute atomic E-state index is 0.337. The molecule has 2 rings (SSSR count). The van der Waals surface area contributed by atoms with E-state index in [9.17, 15) is 4.79 Å². The van der Waals surface area contributed by atoms with Crippen molar-refractivity contribution in [3.63, 3.8) is 0 Å². The Kier molecular flexibility index (Phi) is 6.50. The zero-order chi connectivity index (χ0) is 14.9. The quantitative estimate of drug-likeness (QED) is 0.865. The Balaban J connectivity index is 1.55. The van der Waals surface area contributed by atoms with Crippen LogP contribution >= 0.6 is 0 Å². The van der Waals surface area contributed by atoms with Gasteiger partial charge >= 0.3 is 6.09 Å². The van der Waals surface area contributed by atoms with Crippen molar-refractivity contribution in [2.75, 3.05) is 46.0 Å². The van der Waals surface area contributed by atoms with E-state index in [0.29, 0.717) is 13.2 Å². The van der Waals surface area contributed by atoms with E-state index < -0.39 is 0 Å². The van der Waals surface area contributed by atoms with E-state index in [-0.39, 0.29) is 6.09 Å². The summed E-state index contributed by atoms with van der Waals surface area (Å²) in [6, 6.07) is 8.24. The van der Waals surface area contributed by atoms with Crippen LogP contribution in [0, 0.1) is 6.92 Å². The molecule has 0 aromatic heterocycles. The number of carbonyl (C=O) groups is 1. The van der Waals surface area contributed by atoms with Crippen molar-refractivity contribution in [1.82, 2.24) is 10.2 Å². The molecule has 1 aromatic carbocycles. The van der Waals surface area contributed by atoms with Gasteiger partial charge in [0.25, 0.3) is 0 Å². The van der Waals surface area contributed by atoms with Crippen LogP contribution in [0.5, 0.6) is 0 Å². The molecule has 1 aliphatic rings. The Labute approximate surface area is 126 Å². The maximum Gasteiger partial charge on any atom is 0.407 e. The fraction of sp³-hybridized carbons (Fsp3) is 0.562. The molecule has 5 nitrogen and oxygen atoms in total. The van der Waals surface area contributed by atoms with Gasteiger partial charge in [-0.2, -0.15) is 0 Å². The molecule has 1 aromatic rings. The van der Waals surface area contributed by atoms with Crippen LogP contribution in [0.1, 0.15) is 11.1 Å². The fourth-order valence-electron chi connectivity index (χ4n) is 2.32. The van der Waals surface area contributed by atoms with Gasteiger partial charge in [-0.3, -0.25) is 4.90 Å². The zero-order valence-corrected chi connectivity index (χ0v) is 12.6. The Hall–Kier alpha value is -1.59. The third-order valence-corrected chi connectivity index (χ3v) is 3.51. The standard InChI is InChI=1S/C16H24N2O3/c1-14-3-2-4-15(13-14)5-10-21-16(19)17-6-7-18-8-11-20-12-9-18/h2-4,13H,5-12H2,1H3,(H,17,19). The summed E-state index contributed by atoms with van der Waals surface area (Å²) in [7, 11) is 0. The predicted octanol–water partition coefficient (Wildman–Crippen LogP) is 1.60. The number of amides is 1. The van der Waals surface area contributed by atoms with Crippen molar-refractivity contribution in [1.29, 1.82) is 0 Å². The Morgan fingerprint density at radius 3 is 2.95 bits per heavy atom. The second-order valence-electron chi connectivity index (χ2n) is 5.26. The normalized spacial score (nSPS) is 15.7. The molecule has 116 valence electrons. The van der Waals surface area contributed by atoms with Crippen molar-refractivity contribution in [2.24, 2.45) is 0 Å². The molecule has 1 fully saturated rings. The van der Waals surface area contributed by atoms with E-state index in [4.69, 9.17) is 9.47 Å². The first-order valence-electron chi connectivity index (χ1n) is 7.50. The molecular formula is C16H24N2O3. The Bertz CT molecular complexity index is 445. The van der Waals surface area contributed by atoms with E-state index in [1.54, 1.807) is 0 Å². The summed E-state index contributed by atoms with van der Waals surface area (Å²) >= 11 is 0.